The number of fused-ring (bicyclic) bond motifs is 1. The van der Waals surface area contributed by atoms with Gasteiger partial charge < -0.3 is 19.7 Å². The number of carbonyl (C=O) groups excluding carboxylic acids is 1. The summed E-state index contributed by atoms with van der Waals surface area (Å²) in [6, 6.07) is 10.4. The number of aromatic nitrogens is 1. The van der Waals surface area contributed by atoms with Gasteiger partial charge in [0.25, 0.3) is 5.56 Å². The molecule has 1 aliphatic heterocycles. The van der Waals surface area contributed by atoms with Crippen LogP contribution < -0.4 is 15.6 Å². The van der Waals surface area contributed by atoms with E-state index in [0.717, 1.165) is 11.1 Å². The van der Waals surface area contributed by atoms with Gasteiger partial charge >= 0.3 is 0 Å². The molecule has 0 fully saturated rings. The third-order valence-corrected chi connectivity index (χ3v) is 4.19. The molecule has 126 valence electrons. The van der Waals surface area contributed by atoms with Crippen molar-refractivity contribution in [3.63, 3.8) is 0 Å². The van der Waals surface area contributed by atoms with E-state index in [2.05, 4.69) is 5.32 Å². The summed E-state index contributed by atoms with van der Waals surface area (Å²) in [5, 5.41) is 12.5. The highest BCUT2D eigenvalue weighted by Crippen LogP contribution is 2.34. The molecule has 0 saturated heterocycles. The molecule has 0 bridgehead atoms. The van der Waals surface area contributed by atoms with Crippen molar-refractivity contribution in [1.82, 2.24) is 9.88 Å². The standard InChI is InChI=1S/C18H20N2O4/c1-12-6-7-20(17(23)8-12)9-16(22)19-18-13(10-21)11-24-15-5-3-2-4-14(15)18/h2-8,13,18,21H,9-11H2,1H3,(H,19,22)/t13-,18-/m1/s1. The van der Waals surface area contributed by atoms with Gasteiger partial charge in [0.05, 0.1) is 19.3 Å². The Balaban J connectivity index is 1.78. The van der Waals surface area contributed by atoms with Crippen LogP contribution in [0.4, 0.5) is 0 Å². The van der Waals surface area contributed by atoms with E-state index >= 15 is 0 Å². The fourth-order valence-corrected chi connectivity index (χ4v) is 2.88. The van der Waals surface area contributed by atoms with Crippen molar-refractivity contribution in [3.8, 4) is 5.75 Å². The molecule has 2 atom stereocenters. The van der Waals surface area contributed by atoms with Crippen molar-refractivity contribution in [2.45, 2.75) is 19.5 Å². The summed E-state index contributed by atoms with van der Waals surface area (Å²) in [7, 11) is 0. The number of pyridine rings is 1. The Labute approximate surface area is 139 Å². The third kappa shape index (κ3) is 3.33. The predicted molar refractivity (Wildman–Crippen MR) is 88.8 cm³/mol. The van der Waals surface area contributed by atoms with Gasteiger partial charge in [0.2, 0.25) is 5.91 Å². The molecule has 2 heterocycles. The van der Waals surface area contributed by atoms with E-state index in [1.54, 1.807) is 12.3 Å². The maximum absolute atomic E-state index is 12.4. The molecule has 0 radical (unpaired) electrons. The van der Waals surface area contributed by atoms with Crippen LogP contribution in [0.15, 0.2) is 47.4 Å². The second-order valence-corrected chi connectivity index (χ2v) is 6.01. The third-order valence-electron chi connectivity index (χ3n) is 4.19. The number of amides is 1. The molecule has 0 unspecified atom stereocenters. The minimum atomic E-state index is -0.339. The molecule has 6 heteroatoms. The lowest BCUT2D eigenvalue weighted by Crippen LogP contribution is -2.42. The summed E-state index contributed by atoms with van der Waals surface area (Å²) in [4.78, 5) is 24.3. The van der Waals surface area contributed by atoms with Crippen molar-refractivity contribution in [3.05, 3.63) is 64.1 Å². The molecule has 0 aliphatic carbocycles. The van der Waals surface area contributed by atoms with Gasteiger partial charge in [-0.2, -0.15) is 0 Å². The first kappa shape index (κ1) is 16.3. The van der Waals surface area contributed by atoms with Crippen molar-refractivity contribution in [1.29, 1.82) is 0 Å². The molecule has 2 N–H and O–H groups in total. The SMILES string of the molecule is Cc1ccn(CC(=O)N[C@H]2c3ccccc3OC[C@H]2CO)c(=O)c1. The lowest BCUT2D eigenvalue weighted by atomic mass is 9.91. The Morgan fingerprint density at radius 3 is 2.92 bits per heavy atom. The molecule has 3 rings (SSSR count). The molecule has 6 nitrogen and oxygen atoms in total. The van der Waals surface area contributed by atoms with Crippen molar-refractivity contribution in [2.24, 2.45) is 5.92 Å². The number of nitrogens with zero attached hydrogens (tertiary/aromatic N) is 1. The zero-order valence-corrected chi connectivity index (χ0v) is 13.4. The Bertz CT molecular complexity index is 800. The number of para-hydroxylation sites is 1. The first-order chi connectivity index (χ1) is 11.6. The monoisotopic (exact) mass is 328 g/mol. The van der Waals surface area contributed by atoms with Gasteiger partial charge in [0, 0.05) is 23.7 Å². The first-order valence-electron chi connectivity index (χ1n) is 7.87. The van der Waals surface area contributed by atoms with Crippen LogP contribution >= 0.6 is 0 Å². The average Bonchev–Trinajstić information content (AvgIpc) is 2.58. The van der Waals surface area contributed by atoms with Gasteiger partial charge in [-0.15, -0.1) is 0 Å². The van der Waals surface area contributed by atoms with E-state index in [1.165, 1.54) is 10.6 Å². The number of aliphatic hydroxyl groups excluding tert-OH is 1. The van der Waals surface area contributed by atoms with Crippen molar-refractivity contribution in [2.75, 3.05) is 13.2 Å². The maximum atomic E-state index is 12.4. The molecular formula is C18H20N2O4. The molecule has 1 amide bonds. The Morgan fingerprint density at radius 2 is 2.17 bits per heavy atom. The van der Waals surface area contributed by atoms with Crippen LogP contribution in [0.2, 0.25) is 0 Å². The van der Waals surface area contributed by atoms with Crippen LogP contribution in [0.5, 0.6) is 5.75 Å². The lowest BCUT2D eigenvalue weighted by Gasteiger charge is -2.33. The van der Waals surface area contributed by atoms with Gasteiger partial charge in [-0.3, -0.25) is 9.59 Å². The van der Waals surface area contributed by atoms with E-state index in [9.17, 15) is 14.7 Å². The highest BCUT2D eigenvalue weighted by atomic mass is 16.5. The lowest BCUT2D eigenvalue weighted by molar-refractivity contribution is -0.123. The van der Waals surface area contributed by atoms with Crippen LogP contribution in [0.25, 0.3) is 0 Å². The number of hydrogen-bond acceptors (Lipinski definition) is 4. The number of rotatable bonds is 4. The molecule has 1 aromatic heterocycles. The van der Waals surface area contributed by atoms with Crippen LogP contribution in [0, 0.1) is 12.8 Å². The molecule has 0 saturated carbocycles. The van der Waals surface area contributed by atoms with E-state index in [-0.39, 0.29) is 36.6 Å². The summed E-state index contributed by atoms with van der Waals surface area (Å²) in [5.74, 6) is 0.208. The minimum absolute atomic E-state index is 0.0587. The largest absolute Gasteiger partial charge is 0.493 e. The summed E-state index contributed by atoms with van der Waals surface area (Å²) in [6.07, 6.45) is 1.61. The molecule has 1 aliphatic rings. The van der Waals surface area contributed by atoms with Crippen LogP contribution in [0.1, 0.15) is 17.2 Å². The smallest absolute Gasteiger partial charge is 0.251 e. The maximum Gasteiger partial charge on any atom is 0.251 e. The quantitative estimate of drug-likeness (QED) is 0.878. The molecule has 0 spiro atoms. The fourth-order valence-electron chi connectivity index (χ4n) is 2.88. The molecule has 2 aromatic rings. The number of nitrogens with one attached hydrogen (secondary N) is 1. The van der Waals surface area contributed by atoms with Crippen molar-refractivity contribution >= 4 is 5.91 Å². The summed E-state index contributed by atoms with van der Waals surface area (Å²) in [6.45, 7) is 2.01. The van der Waals surface area contributed by atoms with Crippen LogP contribution in [-0.2, 0) is 11.3 Å². The number of benzene rings is 1. The summed E-state index contributed by atoms with van der Waals surface area (Å²) in [5.41, 5.74) is 1.49. The van der Waals surface area contributed by atoms with E-state index < -0.39 is 0 Å². The number of carbonyl (C=O) groups is 1. The number of aryl methyl sites for hydroxylation is 1. The zero-order chi connectivity index (χ0) is 17.1. The Kier molecular flexibility index (Phi) is 4.66. The fraction of sp³-hybridized carbons (Fsp3) is 0.333. The topological polar surface area (TPSA) is 80.6 Å². The second-order valence-electron chi connectivity index (χ2n) is 6.01. The summed E-state index contributed by atoms with van der Waals surface area (Å²) < 4.78 is 6.99. The van der Waals surface area contributed by atoms with Crippen LogP contribution in [0.3, 0.4) is 0 Å². The summed E-state index contributed by atoms with van der Waals surface area (Å²) >= 11 is 0. The van der Waals surface area contributed by atoms with Gasteiger partial charge in [-0.05, 0) is 24.6 Å². The van der Waals surface area contributed by atoms with Crippen LogP contribution in [-0.4, -0.2) is 28.8 Å². The van der Waals surface area contributed by atoms with Gasteiger partial charge in [0.15, 0.2) is 0 Å². The molecule has 24 heavy (non-hydrogen) atoms. The predicted octanol–water partition coefficient (Wildman–Crippen LogP) is 1.02. The zero-order valence-electron chi connectivity index (χ0n) is 13.4. The number of ether oxygens (including phenoxy) is 1. The Hall–Kier alpha value is -2.60. The van der Waals surface area contributed by atoms with Gasteiger partial charge in [0.1, 0.15) is 12.3 Å². The second kappa shape index (κ2) is 6.88. The molecular weight excluding hydrogens is 308 g/mol. The highest BCUT2D eigenvalue weighted by Gasteiger charge is 2.31. The average molecular weight is 328 g/mol. The molecule has 1 aromatic carbocycles. The number of hydrogen-bond donors (Lipinski definition) is 2. The van der Waals surface area contributed by atoms with Gasteiger partial charge in [-0.25, -0.2) is 0 Å². The first-order valence-corrected chi connectivity index (χ1v) is 7.87. The van der Waals surface area contributed by atoms with E-state index in [4.69, 9.17) is 4.74 Å². The Morgan fingerprint density at radius 1 is 1.38 bits per heavy atom. The number of aliphatic hydroxyl groups is 1. The minimum Gasteiger partial charge on any atom is -0.493 e. The van der Waals surface area contributed by atoms with E-state index in [1.807, 2.05) is 31.2 Å². The van der Waals surface area contributed by atoms with E-state index in [0.29, 0.717) is 12.4 Å². The highest BCUT2D eigenvalue weighted by molar-refractivity contribution is 5.76. The van der Waals surface area contributed by atoms with Crippen molar-refractivity contribution < 1.29 is 14.6 Å². The normalized spacial score (nSPS) is 19.2. The van der Waals surface area contributed by atoms with Gasteiger partial charge in [-0.1, -0.05) is 18.2 Å².